The van der Waals surface area contributed by atoms with Crippen molar-refractivity contribution in [3.8, 4) is 0 Å². The van der Waals surface area contributed by atoms with Crippen LogP contribution >= 0.6 is 0 Å². The number of fused-ring (bicyclic) bond motifs is 2. The maximum absolute atomic E-state index is 12.7. The van der Waals surface area contributed by atoms with E-state index in [2.05, 4.69) is 5.32 Å². The maximum Gasteiger partial charge on any atom is 0.241 e. The number of carbonyl (C=O) groups excluding carboxylic acids is 3. The molecule has 0 aromatic heterocycles. The number of carbonyl (C=O) groups is 3. The molecule has 5 heteroatoms. The Morgan fingerprint density at radius 2 is 1.55 bits per heavy atom. The van der Waals surface area contributed by atoms with Gasteiger partial charge in [-0.2, -0.15) is 0 Å². The van der Waals surface area contributed by atoms with Crippen molar-refractivity contribution >= 4 is 23.2 Å². The van der Waals surface area contributed by atoms with Gasteiger partial charge in [0.1, 0.15) is 0 Å². The van der Waals surface area contributed by atoms with Crippen molar-refractivity contribution < 1.29 is 14.4 Å². The van der Waals surface area contributed by atoms with E-state index in [0.717, 1.165) is 0 Å². The molecular formula is C17H14N2O3. The summed E-state index contributed by atoms with van der Waals surface area (Å²) in [5.41, 5.74) is 7.10. The van der Waals surface area contributed by atoms with E-state index >= 15 is 0 Å². The van der Waals surface area contributed by atoms with Crippen molar-refractivity contribution in [1.82, 2.24) is 0 Å². The Balaban J connectivity index is 2.15. The number of amides is 1. The summed E-state index contributed by atoms with van der Waals surface area (Å²) in [4.78, 5) is 37.0. The highest BCUT2D eigenvalue weighted by atomic mass is 16.2. The standard InChI is InChI=1S/C17H14N2O3/c1-9(18)17(22)19-13-8-4-7-12-14(13)16(21)11-6-3-2-5-10(11)15(12)20/h2-9H,18H2,1H3,(H,19,22). The first-order valence-corrected chi connectivity index (χ1v) is 6.88. The van der Waals surface area contributed by atoms with E-state index in [0.29, 0.717) is 22.4 Å². The number of hydrogen-bond donors (Lipinski definition) is 2. The summed E-state index contributed by atoms with van der Waals surface area (Å²) >= 11 is 0. The van der Waals surface area contributed by atoms with E-state index in [1.807, 2.05) is 0 Å². The van der Waals surface area contributed by atoms with Gasteiger partial charge in [-0.1, -0.05) is 36.4 Å². The van der Waals surface area contributed by atoms with Crippen molar-refractivity contribution in [2.24, 2.45) is 5.73 Å². The topological polar surface area (TPSA) is 89.3 Å². The quantitative estimate of drug-likeness (QED) is 0.753. The largest absolute Gasteiger partial charge is 0.324 e. The lowest BCUT2D eigenvalue weighted by atomic mass is 9.83. The van der Waals surface area contributed by atoms with E-state index in [4.69, 9.17) is 5.73 Å². The normalized spacial score (nSPS) is 14.1. The molecule has 0 aliphatic heterocycles. The first-order chi connectivity index (χ1) is 10.5. The molecule has 0 heterocycles. The molecule has 0 fully saturated rings. The Hall–Kier alpha value is -2.79. The minimum Gasteiger partial charge on any atom is -0.324 e. The molecule has 1 atom stereocenters. The number of ketones is 2. The summed E-state index contributed by atoms with van der Waals surface area (Å²) < 4.78 is 0. The zero-order chi connectivity index (χ0) is 15.9. The van der Waals surface area contributed by atoms with Crippen LogP contribution < -0.4 is 11.1 Å². The fourth-order valence-electron chi connectivity index (χ4n) is 2.50. The minimum absolute atomic E-state index is 0.220. The van der Waals surface area contributed by atoms with Crippen LogP contribution in [0.15, 0.2) is 42.5 Å². The second-order valence-corrected chi connectivity index (χ2v) is 5.21. The Morgan fingerprint density at radius 3 is 2.18 bits per heavy atom. The SMILES string of the molecule is CC(N)C(=O)Nc1cccc2c1C(=O)c1ccccc1C2=O. The van der Waals surface area contributed by atoms with Gasteiger partial charge < -0.3 is 11.1 Å². The van der Waals surface area contributed by atoms with Gasteiger partial charge in [0.15, 0.2) is 11.6 Å². The van der Waals surface area contributed by atoms with Crippen molar-refractivity contribution in [2.75, 3.05) is 5.32 Å². The van der Waals surface area contributed by atoms with Crippen LogP contribution in [0.1, 0.15) is 38.8 Å². The molecule has 2 aromatic carbocycles. The summed E-state index contributed by atoms with van der Waals surface area (Å²) in [5, 5.41) is 2.61. The molecule has 1 unspecified atom stereocenters. The Bertz CT molecular complexity index is 809. The molecule has 1 amide bonds. The lowest BCUT2D eigenvalue weighted by Crippen LogP contribution is -2.33. The molecule has 2 aromatic rings. The predicted octanol–water partition coefficient (Wildman–Crippen LogP) is 1.75. The highest BCUT2D eigenvalue weighted by Crippen LogP contribution is 2.31. The lowest BCUT2D eigenvalue weighted by molar-refractivity contribution is -0.117. The van der Waals surface area contributed by atoms with E-state index in [1.165, 1.54) is 0 Å². The van der Waals surface area contributed by atoms with Crippen molar-refractivity contribution in [3.05, 3.63) is 64.7 Å². The Labute approximate surface area is 127 Å². The Morgan fingerprint density at radius 1 is 0.955 bits per heavy atom. The van der Waals surface area contributed by atoms with Crippen LogP contribution in [0.3, 0.4) is 0 Å². The molecule has 3 N–H and O–H groups in total. The molecule has 110 valence electrons. The minimum atomic E-state index is -0.711. The van der Waals surface area contributed by atoms with Crippen LogP contribution in [0.2, 0.25) is 0 Å². The van der Waals surface area contributed by atoms with Crippen LogP contribution in [-0.2, 0) is 4.79 Å². The van der Waals surface area contributed by atoms with Gasteiger partial charge in [0, 0.05) is 16.7 Å². The molecule has 0 radical (unpaired) electrons. The van der Waals surface area contributed by atoms with Crippen LogP contribution in [-0.4, -0.2) is 23.5 Å². The number of rotatable bonds is 2. The van der Waals surface area contributed by atoms with E-state index in [1.54, 1.807) is 49.4 Å². The van der Waals surface area contributed by atoms with Gasteiger partial charge in [0.2, 0.25) is 5.91 Å². The third-order valence-electron chi connectivity index (χ3n) is 3.62. The third kappa shape index (κ3) is 2.12. The van der Waals surface area contributed by atoms with Crippen molar-refractivity contribution in [3.63, 3.8) is 0 Å². The zero-order valence-electron chi connectivity index (χ0n) is 11.9. The molecule has 3 rings (SSSR count). The molecule has 0 saturated heterocycles. The number of anilines is 1. The highest BCUT2D eigenvalue weighted by Gasteiger charge is 2.31. The van der Waals surface area contributed by atoms with E-state index in [9.17, 15) is 14.4 Å². The molecule has 1 aliphatic rings. The average Bonchev–Trinajstić information content (AvgIpc) is 2.52. The fourth-order valence-corrected chi connectivity index (χ4v) is 2.50. The lowest BCUT2D eigenvalue weighted by Gasteiger charge is -2.20. The van der Waals surface area contributed by atoms with Gasteiger partial charge in [0.05, 0.1) is 17.3 Å². The predicted molar refractivity (Wildman–Crippen MR) is 82.0 cm³/mol. The summed E-state index contributed by atoms with van der Waals surface area (Å²) in [5.74, 6) is -0.902. The van der Waals surface area contributed by atoms with Crippen LogP contribution in [0.25, 0.3) is 0 Å². The smallest absolute Gasteiger partial charge is 0.241 e. The molecule has 5 nitrogen and oxygen atoms in total. The monoisotopic (exact) mass is 294 g/mol. The summed E-state index contributed by atoms with van der Waals surface area (Å²) in [6.45, 7) is 1.55. The van der Waals surface area contributed by atoms with Gasteiger partial charge >= 0.3 is 0 Å². The summed E-state index contributed by atoms with van der Waals surface area (Å²) in [6, 6.07) is 10.8. The van der Waals surface area contributed by atoms with Gasteiger partial charge in [-0.25, -0.2) is 0 Å². The Kier molecular flexibility index (Phi) is 3.35. The number of nitrogens with two attached hydrogens (primary N) is 1. The van der Waals surface area contributed by atoms with E-state index in [-0.39, 0.29) is 17.1 Å². The third-order valence-corrected chi connectivity index (χ3v) is 3.62. The van der Waals surface area contributed by atoms with Crippen molar-refractivity contribution in [1.29, 1.82) is 0 Å². The average molecular weight is 294 g/mol. The van der Waals surface area contributed by atoms with Gasteiger partial charge in [-0.05, 0) is 13.0 Å². The number of hydrogen-bond acceptors (Lipinski definition) is 4. The summed E-state index contributed by atoms with van der Waals surface area (Å²) in [7, 11) is 0. The molecule has 0 saturated carbocycles. The highest BCUT2D eigenvalue weighted by molar-refractivity contribution is 6.30. The van der Waals surface area contributed by atoms with E-state index < -0.39 is 11.9 Å². The van der Waals surface area contributed by atoms with Crippen LogP contribution in [0.4, 0.5) is 5.69 Å². The van der Waals surface area contributed by atoms with Crippen LogP contribution in [0, 0.1) is 0 Å². The second-order valence-electron chi connectivity index (χ2n) is 5.21. The first kappa shape index (κ1) is 14.2. The van der Waals surface area contributed by atoms with Gasteiger partial charge in [0.25, 0.3) is 0 Å². The zero-order valence-corrected chi connectivity index (χ0v) is 11.9. The molecule has 22 heavy (non-hydrogen) atoms. The fraction of sp³-hybridized carbons (Fsp3) is 0.118. The maximum atomic E-state index is 12.7. The second kappa shape index (κ2) is 5.20. The molecule has 1 aliphatic carbocycles. The van der Waals surface area contributed by atoms with Gasteiger partial charge in [-0.15, -0.1) is 0 Å². The molecule has 0 bridgehead atoms. The molecular weight excluding hydrogens is 280 g/mol. The van der Waals surface area contributed by atoms with Crippen molar-refractivity contribution in [2.45, 2.75) is 13.0 Å². The first-order valence-electron chi connectivity index (χ1n) is 6.88. The van der Waals surface area contributed by atoms with Gasteiger partial charge in [-0.3, -0.25) is 14.4 Å². The number of nitrogens with one attached hydrogen (secondary N) is 1. The number of benzene rings is 2. The van der Waals surface area contributed by atoms with Crippen LogP contribution in [0.5, 0.6) is 0 Å². The summed E-state index contributed by atoms with van der Waals surface area (Å²) in [6.07, 6.45) is 0. The molecule has 0 spiro atoms.